The van der Waals surface area contributed by atoms with Gasteiger partial charge < -0.3 is 19.8 Å². The van der Waals surface area contributed by atoms with Gasteiger partial charge in [0.15, 0.2) is 11.5 Å². The number of rotatable bonds is 5. The first-order valence-corrected chi connectivity index (χ1v) is 9.77. The number of aryl methyl sites for hydroxylation is 1. The van der Waals surface area contributed by atoms with E-state index in [9.17, 15) is 9.59 Å². The van der Waals surface area contributed by atoms with Crippen molar-refractivity contribution in [1.82, 2.24) is 4.98 Å². The zero-order valence-corrected chi connectivity index (χ0v) is 16.6. The van der Waals surface area contributed by atoms with Crippen LogP contribution in [-0.4, -0.2) is 25.1 Å². The maximum atomic E-state index is 12.5. The Morgan fingerprint density at radius 3 is 2.52 bits per heavy atom. The Labute approximate surface area is 168 Å². The number of carbonyl (C=O) groups excluding carboxylic acids is 1. The van der Waals surface area contributed by atoms with E-state index < -0.39 is 0 Å². The number of amides is 1. The Morgan fingerprint density at radius 2 is 1.76 bits per heavy atom. The highest BCUT2D eigenvalue weighted by molar-refractivity contribution is 5.95. The molecular weight excluding hydrogens is 368 g/mol. The molecule has 3 aromatic rings. The van der Waals surface area contributed by atoms with Gasteiger partial charge in [-0.15, -0.1) is 0 Å². The Hall–Kier alpha value is -3.28. The molecule has 1 aliphatic carbocycles. The molecule has 0 atom stereocenters. The molecule has 1 amide bonds. The van der Waals surface area contributed by atoms with Crippen molar-refractivity contribution in [2.24, 2.45) is 0 Å². The van der Waals surface area contributed by atoms with Gasteiger partial charge in [-0.3, -0.25) is 9.59 Å². The summed E-state index contributed by atoms with van der Waals surface area (Å²) in [6.07, 6.45) is 4.14. The maximum Gasteiger partial charge on any atom is 0.251 e. The molecular formula is C23H24N2O4. The van der Waals surface area contributed by atoms with Gasteiger partial charge in [0.05, 0.1) is 26.2 Å². The Balaban J connectivity index is 1.55. The second kappa shape index (κ2) is 7.99. The summed E-state index contributed by atoms with van der Waals surface area (Å²) in [5, 5.41) is 3.98. The van der Waals surface area contributed by atoms with E-state index in [0.29, 0.717) is 17.2 Å². The first-order valence-electron chi connectivity index (χ1n) is 9.77. The molecule has 0 unspecified atom stereocenters. The van der Waals surface area contributed by atoms with E-state index in [1.807, 2.05) is 24.3 Å². The third-order valence-electron chi connectivity index (χ3n) is 5.43. The number of methoxy groups -OCH3 is 2. The van der Waals surface area contributed by atoms with Crippen molar-refractivity contribution in [2.45, 2.75) is 32.1 Å². The quantitative estimate of drug-likeness (QED) is 0.695. The lowest BCUT2D eigenvalue weighted by Crippen LogP contribution is -2.19. The molecule has 2 N–H and O–H groups in total. The summed E-state index contributed by atoms with van der Waals surface area (Å²) >= 11 is 0. The molecule has 0 saturated carbocycles. The van der Waals surface area contributed by atoms with E-state index in [4.69, 9.17) is 9.47 Å². The van der Waals surface area contributed by atoms with E-state index in [0.717, 1.165) is 53.3 Å². The second-order valence-electron chi connectivity index (χ2n) is 7.29. The first-order chi connectivity index (χ1) is 14.1. The lowest BCUT2D eigenvalue weighted by Gasteiger charge is -2.17. The summed E-state index contributed by atoms with van der Waals surface area (Å²) in [6.45, 7) is 0. The zero-order valence-electron chi connectivity index (χ0n) is 16.6. The van der Waals surface area contributed by atoms with Gasteiger partial charge >= 0.3 is 0 Å². The molecule has 2 aromatic carbocycles. The monoisotopic (exact) mass is 392 g/mol. The zero-order chi connectivity index (χ0) is 20.4. The summed E-state index contributed by atoms with van der Waals surface area (Å²) in [5.41, 5.74) is 4.30. The van der Waals surface area contributed by atoms with Crippen LogP contribution in [0, 0.1) is 0 Å². The molecule has 0 fully saturated rings. The van der Waals surface area contributed by atoms with Crippen molar-refractivity contribution in [3.05, 3.63) is 63.4 Å². The van der Waals surface area contributed by atoms with Crippen molar-refractivity contribution in [2.75, 3.05) is 19.5 Å². The van der Waals surface area contributed by atoms with Gasteiger partial charge in [-0.25, -0.2) is 0 Å². The smallest absolute Gasteiger partial charge is 0.251 e. The molecule has 1 aliphatic rings. The van der Waals surface area contributed by atoms with Gasteiger partial charge in [0.2, 0.25) is 5.91 Å². The van der Waals surface area contributed by atoms with Crippen molar-refractivity contribution in [3.63, 3.8) is 0 Å². The van der Waals surface area contributed by atoms with Crippen LogP contribution in [0.3, 0.4) is 0 Å². The van der Waals surface area contributed by atoms with E-state index in [1.165, 1.54) is 0 Å². The standard InChI is InChI=1S/C23H24N2O4/c1-28-20-10-7-14(11-21(20)29-2)12-22(26)24-15-8-9-17-16-5-3-4-6-18(16)23(27)25-19(17)13-15/h7-11,13H,3-6,12H2,1-2H3,(H,24,26)(H,25,27). The normalized spacial score (nSPS) is 13.0. The number of aromatic nitrogens is 1. The number of aromatic amines is 1. The van der Waals surface area contributed by atoms with Crippen LogP contribution in [-0.2, 0) is 24.1 Å². The van der Waals surface area contributed by atoms with Crippen molar-refractivity contribution in [3.8, 4) is 11.5 Å². The van der Waals surface area contributed by atoms with Crippen LogP contribution in [0.1, 0.15) is 29.5 Å². The predicted molar refractivity (Wildman–Crippen MR) is 113 cm³/mol. The fraction of sp³-hybridized carbons (Fsp3) is 0.304. The first kappa shape index (κ1) is 19.1. The van der Waals surface area contributed by atoms with E-state index in [1.54, 1.807) is 26.4 Å². The van der Waals surface area contributed by atoms with Crippen molar-refractivity contribution < 1.29 is 14.3 Å². The number of hydrogen-bond acceptors (Lipinski definition) is 4. The Bertz CT molecular complexity index is 1130. The number of pyridine rings is 1. The summed E-state index contributed by atoms with van der Waals surface area (Å²) < 4.78 is 10.5. The van der Waals surface area contributed by atoms with Crippen molar-refractivity contribution in [1.29, 1.82) is 0 Å². The van der Waals surface area contributed by atoms with Gasteiger partial charge in [-0.2, -0.15) is 0 Å². The number of fused-ring (bicyclic) bond motifs is 3. The average Bonchev–Trinajstić information content (AvgIpc) is 2.73. The molecule has 6 nitrogen and oxygen atoms in total. The topological polar surface area (TPSA) is 80.4 Å². The van der Waals surface area contributed by atoms with Crippen LogP contribution in [0.15, 0.2) is 41.2 Å². The van der Waals surface area contributed by atoms with Crippen molar-refractivity contribution >= 4 is 22.5 Å². The minimum atomic E-state index is -0.142. The van der Waals surface area contributed by atoms with E-state index in [2.05, 4.69) is 10.3 Å². The van der Waals surface area contributed by atoms with Gasteiger partial charge in [0.25, 0.3) is 5.56 Å². The van der Waals surface area contributed by atoms with E-state index >= 15 is 0 Å². The van der Waals surface area contributed by atoms with Crippen LogP contribution in [0.5, 0.6) is 11.5 Å². The third kappa shape index (κ3) is 3.83. The van der Waals surface area contributed by atoms with Crippen LogP contribution in [0.4, 0.5) is 5.69 Å². The molecule has 0 spiro atoms. The van der Waals surface area contributed by atoms with Gasteiger partial charge in [-0.05, 0) is 61.1 Å². The highest BCUT2D eigenvalue weighted by Crippen LogP contribution is 2.29. The van der Waals surface area contributed by atoms with Crippen LogP contribution < -0.4 is 20.3 Å². The Kier molecular flexibility index (Phi) is 5.25. The van der Waals surface area contributed by atoms with Gasteiger partial charge in [-0.1, -0.05) is 12.1 Å². The number of benzene rings is 2. The SMILES string of the molecule is COc1ccc(CC(=O)Nc2ccc3c4c(c(=O)[nH]c3c2)CCCC4)cc1OC. The number of H-pyrrole nitrogens is 1. The molecule has 0 aliphatic heterocycles. The van der Waals surface area contributed by atoms with Crippen LogP contribution in [0.2, 0.25) is 0 Å². The lowest BCUT2D eigenvalue weighted by molar-refractivity contribution is -0.115. The van der Waals surface area contributed by atoms with Gasteiger partial charge in [0.1, 0.15) is 0 Å². The highest BCUT2D eigenvalue weighted by atomic mass is 16.5. The number of hydrogen-bond donors (Lipinski definition) is 2. The molecule has 29 heavy (non-hydrogen) atoms. The molecule has 6 heteroatoms. The molecule has 4 rings (SSSR count). The number of nitrogens with one attached hydrogen (secondary N) is 2. The molecule has 1 aromatic heterocycles. The second-order valence-corrected chi connectivity index (χ2v) is 7.29. The minimum Gasteiger partial charge on any atom is -0.493 e. The Morgan fingerprint density at radius 1 is 1.00 bits per heavy atom. The van der Waals surface area contributed by atoms with Gasteiger partial charge in [0, 0.05) is 16.6 Å². The third-order valence-corrected chi connectivity index (χ3v) is 5.43. The minimum absolute atomic E-state index is 0.0130. The summed E-state index contributed by atoms with van der Waals surface area (Å²) in [5.74, 6) is 1.07. The van der Waals surface area contributed by atoms with E-state index in [-0.39, 0.29) is 17.9 Å². The largest absolute Gasteiger partial charge is 0.493 e. The van der Waals surface area contributed by atoms with Crippen LogP contribution >= 0.6 is 0 Å². The van der Waals surface area contributed by atoms with Crippen LogP contribution in [0.25, 0.3) is 10.9 Å². The lowest BCUT2D eigenvalue weighted by atomic mass is 9.90. The predicted octanol–water partition coefficient (Wildman–Crippen LogP) is 3.61. The molecule has 0 radical (unpaired) electrons. The molecule has 1 heterocycles. The number of anilines is 1. The summed E-state index contributed by atoms with van der Waals surface area (Å²) in [6, 6.07) is 11.1. The number of carbonyl (C=O) groups is 1. The summed E-state index contributed by atoms with van der Waals surface area (Å²) in [7, 11) is 3.14. The summed E-state index contributed by atoms with van der Waals surface area (Å²) in [4.78, 5) is 27.9. The fourth-order valence-electron chi connectivity index (χ4n) is 4.02. The maximum absolute atomic E-state index is 12.5. The molecule has 0 bridgehead atoms. The highest BCUT2D eigenvalue weighted by Gasteiger charge is 2.17. The molecule has 150 valence electrons. The fourth-order valence-corrected chi connectivity index (χ4v) is 4.02. The average molecular weight is 392 g/mol. The molecule has 0 saturated heterocycles. The number of ether oxygens (including phenoxy) is 2.